The maximum Gasteiger partial charge on any atom is 0.304 e. The van der Waals surface area contributed by atoms with Gasteiger partial charge in [0, 0.05) is 11.4 Å². The zero-order chi connectivity index (χ0) is 13.5. The first kappa shape index (κ1) is 14.9. The summed E-state index contributed by atoms with van der Waals surface area (Å²) in [7, 11) is 1.71. The van der Waals surface area contributed by atoms with Crippen LogP contribution in [0.2, 0.25) is 4.34 Å². The van der Waals surface area contributed by atoms with E-state index in [0.717, 1.165) is 4.88 Å². The second kappa shape index (κ2) is 7.35. The number of hydrogen-bond donors (Lipinski definition) is 2. The minimum atomic E-state index is -0.865. The molecule has 0 unspecified atom stereocenters. The zero-order valence-electron chi connectivity index (χ0n) is 9.98. The average Bonchev–Trinajstić information content (AvgIpc) is 2.70. The first-order valence-electron chi connectivity index (χ1n) is 5.38. The zero-order valence-corrected chi connectivity index (χ0v) is 11.6. The van der Waals surface area contributed by atoms with E-state index in [9.17, 15) is 9.59 Å². The molecule has 0 radical (unpaired) electrons. The standard InChI is InChI=1S/C11H15ClN2O3S/c1-14(5-4-11(16)17)7-10(15)13-6-8-2-3-9(12)18-8/h2-3H,4-7H2,1H3,(H,13,15)(H,16,17). The molecule has 1 rings (SSSR count). The minimum absolute atomic E-state index is 0.0321. The molecule has 7 heteroatoms. The largest absolute Gasteiger partial charge is 0.481 e. The summed E-state index contributed by atoms with van der Waals surface area (Å²) in [5.41, 5.74) is 0. The molecule has 0 bridgehead atoms. The number of rotatable bonds is 7. The van der Waals surface area contributed by atoms with Crippen molar-refractivity contribution in [2.24, 2.45) is 0 Å². The van der Waals surface area contributed by atoms with Crippen LogP contribution < -0.4 is 5.32 Å². The SMILES string of the molecule is CN(CCC(=O)O)CC(=O)NCc1ccc(Cl)s1. The number of nitrogens with one attached hydrogen (secondary N) is 1. The van der Waals surface area contributed by atoms with Gasteiger partial charge in [0.2, 0.25) is 5.91 Å². The summed E-state index contributed by atoms with van der Waals surface area (Å²) in [4.78, 5) is 24.6. The monoisotopic (exact) mass is 290 g/mol. The molecule has 0 aliphatic heterocycles. The second-order valence-electron chi connectivity index (χ2n) is 3.86. The lowest BCUT2D eigenvalue weighted by Gasteiger charge is -2.14. The van der Waals surface area contributed by atoms with Crippen molar-refractivity contribution in [2.75, 3.05) is 20.1 Å². The summed E-state index contributed by atoms with van der Waals surface area (Å²) in [5.74, 6) is -0.997. The molecule has 0 atom stereocenters. The van der Waals surface area contributed by atoms with E-state index in [1.807, 2.05) is 6.07 Å². The lowest BCUT2D eigenvalue weighted by atomic mass is 10.4. The number of carbonyl (C=O) groups excluding carboxylic acids is 1. The second-order valence-corrected chi connectivity index (χ2v) is 5.66. The van der Waals surface area contributed by atoms with Crippen molar-refractivity contribution in [3.8, 4) is 0 Å². The Bertz CT molecular complexity index is 422. The van der Waals surface area contributed by atoms with E-state index in [1.54, 1.807) is 18.0 Å². The highest BCUT2D eigenvalue weighted by atomic mass is 35.5. The highest BCUT2D eigenvalue weighted by Gasteiger charge is 2.08. The van der Waals surface area contributed by atoms with Gasteiger partial charge in [-0.15, -0.1) is 11.3 Å². The Morgan fingerprint density at radius 1 is 1.50 bits per heavy atom. The molecule has 0 aliphatic rings. The number of aliphatic carboxylic acids is 1. The molecular formula is C11H15ClN2O3S. The van der Waals surface area contributed by atoms with Crippen molar-refractivity contribution < 1.29 is 14.7 Å². The van der Waals surface area contributed by atoms with Gasteiger partial charge in [0.15, 0.2) is 0 Å². The third kappa shape index (κ3) is 6.00. The third-order valence-electron chi connectivity index (χ3n) is 2.21. The lowest BCUT2D eigenvalue weighted by molar-refractivity contribution is -0.137. The number of carboxylic acid groups (broad SMARTS) is 1. The van der Waals surface area contributed by atoms with Gasteiger partial charge in [-0.1, -0.05) is 11.6 Å². The number of halogens is 1. The van der Waals surface area contributed by atoms with Crippen LogP contribution in [0.15, 0.2) is 12.1 Å². The Labute approximate surface area is 114 Å². The first-order valence-corrected chi connectivity index (χ1v) is 6.58. The van der Waals surface area contributed by atoms with E-state index >= 15 is 0 Å². The molecule has 1 aromatic rings. The van der Waals surface area contributed by atoms with E-state index in [-0.39, 0.29) is 18.9 Å². The number of thiophene rings is 1. The van der Waals surface area contributed by atoms with Crippen molar-refractivity contribution in [1.82, 2.24) is 10.2 Å². The van der Waals surface area contributed by atoms with Gasteiger partial charge in [0.1, 0.15) is 0 Å². The maximum atomic E-state index is 11.5. The Morgan fingerprint density at radius 3 is 2.78 bits per heavy atom. The molecule has 0 spiro atoms. The number of amides is 1. The number of hydrogen-bond acceptors (Lipinski definition) is 4. The van der Waals surface area contributed by atoms with Crippen LogP contribution in [0.1, 0.15) is 11.3 Å². The fourth-order valence-electron chi connectivity index (χ4n) is 1.30. The van der Waals surface area contributed by atoms with E-state index in [1.165, 1.54) is 11.3 Å². The van der Waals surface area contributed by atoms with Crippen molar-refractivity contribution in [3.63, 3.8) is 0 Å². The fraction of sp³-hybridized carbons (Fsp3) is 0.455. The summed E-state index contributed by atoms with van der Waals surface area (Å²) in [6, 6.07) is 3.65. The van der Waals surface area contributed by atoms with Gasteiger partial charge in [0.25, 0.3) is 0 Å². The highest BCUT2D eigenvalue weighted by molar-refractivity contribution is 7.16. The van der Waals surface area contributed by atoms with E-state index < -0.39 is 5.97 Å². The Morgan fingerprint density at radius 2 is 2.22 bits per heavy atom. The van der Waals surface area contributed by atoms with Gasteiger partial charge in [-0.3, -0.25) is 14.5 Å². The van der Waals surface area contributed by atoms with Gasteiger partial charge < -0.3 is 10.4 Å². The molecule has 100 valence electrons. The molecule has 1 aromatic heterocycles. The molecule has 0 saturated heterocycles. The predicted molar refractivity (Wildman–Crippen MR) is 70.9 cm³/mol. The number of likely N-dealkylation sites (N-methyl/N-ethyl adjacent to an activating group) is 1. The number of carboxylic acids is 1. The first-order chi connectivity index (χ1) is 8.47. The van der Waals surface area contributed by atoms with Crippen LogP contribution in [0.4, 0.5) is 0 Å². The van der Waals surface area contributed by atoms with Gasteiger partial charge in [-0.25, -0.2) is 0 Å². The maximum absolute atomic E-state index is 11.5. The minimum Gasteiger partial charge on any atom is -0.481 e. The predicted octanol–water partition coefficient (Wildman–Crippen LogP) is 1.42. The van der Waals surface area contributed by atoms with Crippen LogP contribution in [0.25, 0.3) is 0 Å². The van der Waals surface area contributed by atoms with Gasteiger partial charge in [0.05, 0.1) is 23.8 Å². The average molecular weight is 291 g/mol. The molecule has 0 aromatic carbocycles. The molecule has 0 aliphatic carbocycles. The molecule has 2 N–H and O–H groups in total. The fourth-order valence-corrected chi connectivity index (χ4v) is 2.33. The molecule has 0 saturated carbocycles. The molecule has 18 heavy (non-hydrogen) atoms. The van der Waals surface area contributed by atoms with Crippen molar-refractivity contribution in [3.05, 3.63) is 21.3 Å². The number of nitrogens with zero attached hydrogens (tertiary/aromatic N) is 1. The van der Waals surface area contributed by atoms with Crippen LogP contribution in [0, 0.1) is 0 Å². The van der Waals surface area contributed by atoms with Gasteiger partial charge in [-0.2, -0.15) is 0 Å². The van der Waals surface area contributed by atoms with Crippen LogP contribution in [-0.4, -0.2) is 42.0 Å². The molecule has 5 nitrogen and oxygen atoms in total. The van der Waals surface area contributed by atoms with Crippen molar-refractivity contribution in [1.29, 1.82) is 0 Å². The van der Waals surface area contributed by atoms with Crippen LogP contribution >= 0.6 is 22.9 Å². The quantitative estimate of drug-likeness (QED) is 0.797. The summed E-state index contributed by atoms with van der Waals surface area (Å²) in [6.07, 6.45) is 0.0321. The van der Waals surface area contributed by atoms with Gasteiger partial charge in [-0.05, 0) is 19.2 Å². The van der Waals surface area contributed by atoms with E-state index in [2.05, 4.69) is 5.32 Å². The topological polar surface area (TPSA) is 69.6 Å². The smallest absolute Gasteiger partial charge is 0.304 e. The molecule has 1 heterocycles. The molecule has 0 fully saturated rings. The summed E-state index contributed by atoms with van der Waals surface area (Å²) < 4.78 is 0.692. The summed E-state index contributed by atoms with van der Waals surface area (Å²) in [6.45, 7) is 0.989. The van der Waals surface area contributed by atoms with Crippen LogP contribution in [0.3, 0.4) is 0 Å². The third-order valence-corrected chi connectivity index (χ3v) is 3.44. The Kier molecular flexibility index (Phi) is 6.11. The van der Waals surface area contributed by atoms with Crippen LogP contribution in [0.5, 0.6) is 0 Å². The Hall–Kier alpha value is -1.11. The normalized spacial score (nSPS) is 10.6. The van der Waals surface area contributed by atoms with Gasteiger partial charge >= 0.3 is 5.97 Å². The van der Waals surface area contributed by atoms with Crippen LogP contribution in [-0.2, 0) is 16.1 Å². The number of carbonyl (C=O) groups is 2. The summed E-state index contributed by atoms with van der Waals surface area (Å²) in [5, 5.41) is 11.3. The Balaban J connectivity index is 2.22. The lowest BCUT2D eigenvalue weighted by Crippen LogP contribution is -2.35. The van der Waals surface area contributed by atoms with E-state index in [0.29, 0.717) is 17.4 Å². The van der Waals surface area contributed by atoms with E-state index in [4.69, 9.17) is 16.7 Å². The summed E-state index contributed by atoms with van der Waals surface area (Å²) >= 11 is 7.20. The highest BCUT2D eigenvalue weighted by Crippen LogP contribution is 2.20. The van der Waals surface area contributed by atoms with Crippen molar-refractivity contribution in [2.45, 2.75) is 13.0 Å². The molecular weight excluding hydrogens is 276 g/mol. The molecule has 1 amide bonds. The van der Waals surface area contributed by atoms with Crippen molar-refractivity contribution >= 4 is 34.8 Å².